The van der Waals surface area contributed by atoms with E-state index in [0.29, 0.717) is 16.8 Å². The van der Waals surface area contributed by atoms with E-state index in [2.05, 4.69) is 29.2 Å². The standard InChI is InChI=1S/C15H20N4OS/c1-11(2)12(3)17-14(20)9-21-15-16-10-19(18-15)13-7-5-4-6-8-13/h4-8,10-12H,9H2,1-3H3,(H,17,20). The maximum atomic E-state index is 11.8. The summed E-state index contributed by atoms with van der Waals surface area (Å²) in [5, 5.41) is 7.92. The Balaban J connectivity index is 1.87. The number of para-hydroxylation sites is 1. The van der Waals surface area contributed by atoms with Crippen LogP contribution in [0.5, 0.6) is 0 Å². The summed E-state index contributed by atoms with van der Waals surface area (Å²) in [6.07, 6.45) is 1.66. The molecule has 21 heavy (non-hydrogen) atoms. The highest BCUT2D eigenvalue weighted by Crippen LogP contribution is 2.14. The quantitative estimate of drug-likeness (QED) is 0.833. The molecule has 0 aliphatic carbocycles. The van der Waals surface area contributed by atoms with Gasteiger partial charge < -0.3 is 5.32 Å². The first kappa shape index (κ1) is 15.6. The first-order valence-corrected chi connectivity index (χ1v) is 7.94. The SMILES string of the molecule is CC(C)C(C)NC(=O)CSc1ncn(-c2ccccc2)n1. The van der Waals surface area contributed by atoms with Gasteiger partial charge in [0.15, 0.2) is 0 Å². The van der Waals surface area contributed by atoms with Gasteiger partial charge in [0.2, 0.25) is 11.1 Å². The van der Waals surface area contributed by atoms with E-state index in [9.17, 15) is 4.79 Å². The molecular weight excluding hydrogens is 284 g/mol. The van der Waals surface area contributed by atoms with Crippen molar-refractivity contribution >= 4 is 17.7 Å². The molecule has 6 heteroatoms. The van der Waals surface area contributed by atoms with Crippen molar-refractivity contribution in [2.45, 2.75) is 32.0 Å². The maximum absolute atomic E-state index is 11.8. The van der Waals surface area contributed by atoms with Gasteiger partial charge in [-0.2, -0.15) is 0 Å². The first-order valence-electron chi connectivity index (χ1n) is 6.95. The van der Waals surface area contributed by atoms with Crippen LogP contribution >= 0.6 is 11.8 Å². The predicted octanol–water partition coefficient (Wildman–Crippen LogP) is 2.52. The van der Waals surface area contributed by atoms with E-state index in [-0.39, 0.29) is 11.9 Å². The van der Waals surface area contributed by atoms with E-state index < -0.39 is 0 Å². The van der Waals surface area contributed by atoms with Crippen LogP contribution in [0.4, 0.5) is 0 Å². The van der Waals surface area contributed by atoms with Crippen molar-refractivity contribution in [3.05, 3.63) is 36.7 Å². The first-order chi connectivity index (χ1) is 10.1. The summed E-state index contributed by atoms with van der Waals surface area (Å²) in [6.45, 7) is 6.18. The van der Waals surface area contributed by atoms with Gasteiger partial charge in [-0.1, -0.05) is 43.8 Å². The van der Waals surface area contributed by atoms with Gasteiger partial charge in [0.1, 0.15) is 6.33 Å². The molecule has 1 aromatic heterocycles. The minimum Gasteiger partial charge on any atom is -0.353 e. The van der Waals surface area contributed by atoms with Gasteiger partial charge in [-0.25, -0.2) is 9.67 Å². The Bertz CT molecular complexity index is 582. The largest absolute Gasteiger partial charge is 0.353 e. The molecule has 1 N–H and O–H groups in total. The molecule has 1 unspecified atom stereocenters. The number of nitrogens with zero attached hydrogens (tertiary/aromatic N) is 3. The molecule has 2 rings (SSSR count). The smallest absolute Gasteiger partial charge is 0.230 e. The molecule has 0 spiro atoms. The summed E-state index contributed by atoms with van der Waals surface area (Å²) in [4.78, 5) is 16.0. The molecule has 0 aliphatic rings. The van der Waals surface area contributed by atoms with Crippen molar-refractivity contribution in [3.63, 3.8) is 0 Å². The molecule has 0 saturated heterocycles. The molecule has 0 radical (unpaired) electrons. The number of hydrogen-bond acceptors (Lipinski definition) is 4. The summed E-state index contributed by atoms with van der Waals surface area (Å²) >= 11 is 1.34. The molecular formula is C15H20N4OS. The second-order valence-electron chi connectivity index (χ2n) is 5.20. The van der Waals surface area contributed by atoms with E-state index in [1.54, 1.807) is 11.0 Å². The van der Waals surface area contributed by atoms with Crippen LogP contribution in [0.3, 0.4) is 0 Å². The maximum Gasteiger partial charge on any atom is 0.230 e. The third kappa shape index (κ3) is 4.60. The van der Waals surface area contributed by atoms with Gasteiger partial charge in [0.25, 0.3) is 0 Å². The average molecular weight is 304 g/mol. The number of thioether (sulfide) groups is 1. The minimum absolute atomic E-state index is 0.0114. The Morgan fingerprint density at radius 1 is 1.29 bits per heavy atom. The minimum atomic E-state index is 0.0114. The van der Waals surface area contributed by atoms with Crippen LogP contribution in [0.1, 0.15) is 20.8 Å². The number of amides is 1. The highest BCUT2D eigenvalue weighted by atomic mass is 32.2. The number of benzene rings is 1. The Labute approximate surface area is 129 Å². The number of carbonyl (C=O) groups is 1. The van der Waals surface area contributed by atoms with Crippen molar-refractivity contribution in [3.8, 4) is 5.69 Å². The molecule has 1 amide bonds. The van der Waals surface area contributed by atoms with Gasteiger partial charge in [0, 0.05) is 6.04 Å². The normalized spacial score (nSPS) is 12.4. The lowest BCUT2D eigenvalue weighted by Gasteiger charge is -2.16. The Hall–Kier alpha value is -1.82. The van der Waals surface area contributed by atoms with E-state index in [1.165, 1.54) is 11.8 Å². The van der Waals surface area contributed by atoms with Crippen molar-refractivity contribution in [1.82, 2.24) is 20.1 Å². The number of nitrogens with one attached hydrogen (secondary N) is 1. The average Bonchev–Trinajstić information content (AvgIpc) is 2.95. The molecule has 2 aromatic rings. The van der Waals surface area contributed by atoms with Crippen LogP contribution in [0, 0.1) is 5.92 Å². The zero-order valence-corrected chi connectivity index (χ0v) is 13.3. The zero-order chi connectivity index (χ0) is 15.2. The summed E-state index contributed by atoms with van der Waals surface area (Å²) in [7, 11) is 0. The number of rotatable bonds is 6. The fourth-order valence-electron chi connectivity index (χ4n) is 1.61. The van der Waals surface area contributed by atoms with Crippen LogP contribution < -0.4 is 5.32 Å². The van der Waals surface area contributed by atoms with Crippen molar-refractivity contribution < 1.29 is 4.79 Å². The van der Waals surface area contributed by atoms with Crippen LogP contribution in [0.15, 0.2) is 41.8 Å². The number of carbonyl (C=O) groups excluding carboxylic acids is 1. The van der Waals surface area contributed by atoms with Crippen molar-refractivity contribution in [2.75, 3.05) is 5.75 Å². The Kier molecular flexibility index (Phi) is 5.38. The molecule has 0 bridgehead atoms. The van der Waals surface area contributed by atoms with Crippen molar-refractivity contribution in [2.24, 2.45) is 5.92 Å². The van der Waals surface area contributed by atoms with E-state index >= 15 is 0 Å². The third-order valence-electron chi connectivity index (χ3n) is 3.21. The van der Waals surface area contributed by atoms with Crippen LogP contribution in [-0.2, 0) is 4.79 Å². The summed E-state index contributed by atoms with van der Waals surface area (Å²) in [6, 6.07) is 9.94. The van der Waals surface area contributed by atoms with Crippen LogP contribution in [0.25, 0.3) is 5.69 Å². The topological polar surface area (TPSA) is 59.8 Å². The van der Waals surface area contributed by atoms with Crippen LogP contribution in [-0.4, -0.2) is 32.5 Å². The number of aromatic nitrogens is 3. The summed E-state index contributed by atoms with van der Waals surface area (Å²) < 4.78 is 1.71. The van der Waals surface area contributed by atoms with Gasteiger partial charge in [-0.15, -0.1) is 5.10 Å². The van der Waals surface area contributed by atoms with Crippen molar-refractivity contribution in [1.29, 1.82) is 0 Å². The van der Waals surface area contributed by atoms with E-state index in [0.717, 1.165) is 5.69 Å². The second-order valence-corrected chi connectivity index (χ2v) is 6.14. The molecule has 0 fully saturated rings. The highest BCUT2D eigenvalue weighted by molar-refractivity contribution is 7.99. The molecule has 0 aliphatic heterocycles. The zero-order valence-electron chi connectivity index (χ0n) is 12.5. The lowest BCUT2D eigenvalue weighted by Crippen LogP contribution is -2.37. The van der Waals surface area contributed by atoms with E-state index in [4.69, 9.17) is 0 Å². The Morgan fingerprint density at radius 2 is 2.00 bits per heavy atom. The summed E-state index contributed by atoms with van der Waals surface area (Å²) in [5.74, 6) is 0.766. The van der Waals surface area contributed by atoms with Gasteiger partial charge in [0.05, 0.1) is 11.4 Å². The molecule has 112 valence electrons. The molecule has 1 aromatic carbocycles. The van der Waals surface area contributed by atoms with Gasteiger partial charge >= 0.3 is 0 Å². The number of hydrogen-bond donors (Lipinski definition) is 1. The highest BCUT2D eigenvalue weighted by Gasteiger charge is 2.12. The third-order valence-corrected chi connectivity index (χ3v) is 4.06. The second kappa shape index (κ2) is 7.26. The Morgan fingerprint density at radius 3 is 2.67 bits per heavy atom. The molecule has 0 saturated carbocycles. The van der Waals surface area contributed by atoms with Gasteiger partial charge in [-0.3, -0.25) is 4.79 Å². The van der Waals surface area contributed by atoms with E-state index in [1.807, 2.05) is 37.3 Å². The monoisotopic (exact) mass is 304 g/mol. The summed E-state index contributed by atoms with van der Waals surface area (Å²) in [5.41, 5.74) is 0.953. The lowest BCUT2D eigenvalue weighted by molar-refractivity contribution is -0.119. The molecule has 1 atom stereocenters. The predicted molar refractivity (Wildman–Crippen MR) is 84.5 cm³/mol. The molecule has 1 heterocycles. The van der Waals surface area contributed by atoms with Gasteiger partial charge in [-0.05, 0) is 25.0 Å². The van der Waals surface area contributed by atoms with Crippen LogP contribution in [0.2, 0.25) is 0 Å². The fourth-order valence-corrected chi connectivity index (χ4v) is 2.22. The lowest BCUT2D eigenvalue weighted by atomic mass is 10.1. The fraction of sp³-hybridized carbons (Fsp3) is 0.400. The molecule has 5 nitrogen and oxygen atoms in total.